The van der Waals surface area contributed by atoms with Crippen molar-refractivity contribution in [2.24, 2.45) is 0 Å². The standard InChI is InChI=1S/C10H7N5O2S/c16-6-7-4-15(14-12-7)5-9-11-10(17-13-9)8-2-1-3-18-8/h1-4,6H,5H2. The molecule has 0 amide bonds. The molecule has 8 heteroatoms. The van der Waals surface area contributed by atoms with Gasteiger partial charge >= 0.3 is 0 Å². The summed E-state index contributed by atoms with van der Waals surface area (Å²) >= 11 is 1.53. The molecule has 90 valence electrons. The Labute approximate surface area is 105 Å². The first-order valence-electron chi connectivity index (χ1n) is 5.07. The molecular formula is C10H7N5O2S. The van der Waals surface area contributed by atoms with Crippen molar-refractivity contribution >= 4 is 17.6 Å². The molecule has 0 saturated carbocycles. The highest BCUT2D eigenvalue weighted by Gasteiger charge is 2.10. The zero-order valence-electron chi connectivity index (χ0n) is 9.05. The summed E-state index contributed by atoms with van der Waals surface area (Å²) in [5, 5.41) is 13.2. The van der Waals surface area contributed by atoms with Gasteiger partial charge in [0, 0.05) is 0 Å². The molecule has 0 spiro atoms. The maximum Gasteiger partial charge on any atom is 0.268 e. The Kier molecular flexibility index (Phi) is 2.69. The number of aromatic nitrogens is 5. The lowest BCUT2D eigenvalue weighted by molar-refractivity contribution is 0.111. The molecule has 18 heavy (non-hydrogen) atoms. The van der Waals surface area contributed by atoms with E-state index in [-0.39, 0.29) is 5.69 Å². The van der Waals surface area contributed by atoms with E-state index in [1.165, 1.54) is 22.2 Å². The number of carbonyl (C=O) groups excluding carboxylic acids is 1. The van der Waals surface area contributed by atoms with Crippen LogP contribution < -0.4 is 0 Å². The first kappa shape index (κ1) is 10.8. The summed E-state index contributed by atoms with van der Waals surface area (Å²) in [6, 6.07) is 3.82. The second kappa shape index (κ2) is 4.49. The van der Waals surface area contributed by atoms with E-state index in [4.69, 9.17) is 4.52 Å². The van der Waals surface area contributed by atoms with E-state index in [9.17, 15) is 4.79 Å². The van der Waals surface area contributed by atoms with Gasteiger partial charge in [0.25, 0.3) is 5.89 Å². The van der Waals surface area contributed by atoms with Crippen LogP contribution in [0.2, 0.25) is 0 Å². The van der Waals surface area contributed by atoms with Crippen LogP contribution in [0, 0.1) is 0 Å². The fraction of sp³-hybridized carbons (Fsp3) is 0.100. The van der Waals surface area contributed by atoms with Crippen LogP contribution in [0.3, 0.4) is 0 Å². The van der Waals surface area contributed by atoms with Crippen LogP contribution in [0.25, 0.3) is 10.8 Å². The lowest BCUT2D eigenvalue weighted by Gasteiger charge is -1.91. The van der Waals surface area contributed by atoms with Crippen molar-refractivity contribution in [3.8, 4) is 10.8 Å². The molecule has 3 heterocycles. The van der Waals surface area contributed by atoms with Gasteiger partial charge in [0.1, 0.15) is 12.2 Å². The molecule has 0 aliphatic carbocycles. The Morgan fingerprint density at radius 2 is 2.44 bits per heavy atom. The average molecular weight is 261 g/mol. The van der Waals surface area contributed by atoms with Crippen molar-refractivity contribution in [3.05, 3.63) is 35.2 Å². The number of carbonyl (C=O) groups is 1. The number of aldehydes is 1. The molecule has 7 nitrogen and oxygen atoms in total. The monoisotopic (exact) mass is 261 g/mol. The topological polar surface area (TPSA) is 86.7 Å². The summed E-state index contributed by atoms with van der Waals surface area (Å²) in [6.07, 6.45) is 2.16. The molecule has 0 aliphatic heterocycles. The minimum absolute atomic E-state index is 0.275. The Bertz CT molecular complexity index is 657. The molecule has 0 unspecified atom stereocenters. The van der Waals surface area contributed by atoms with E-state index >= 15 is 0 Å². The first-order chi connectivity index (χ1) is 8.85. The third-order valence-electron chi connectivity index (χ3n) is 2.18. The average Bonchev–Trinajstić information content (AvgIpc) is 3.10. The van der Waals surface area contributed by atoms with Crippen LogP contribution in [-0.4, -0.2) is 31.4 Å². The van der Waals surface area contributed by atoms with Crippen LogP contribution in [0.4, 0.5) is 0 Å². The van der Waals surface area contributed by atoms with Crippen molar-refractivity contribution in [3.63, 3.8) is 0 Å². The summed E-state index contributed by atoms with van der Waals surface area (Å²) in [4.78, 5) is 15.6. The van der Waals surface area contributed by atoms with Gasteiger partial charge in [-0.1, -0.05) is 16.4 Å². The molecule has 0 aromatic carbocycles. The highest BCUT2D eigenvalue weighted by Crippen LogP contribution is 2.22. The van der Waals surface area contributed by atoms with Crippen molar-refractivity contribution in [1.82, 2.24) is 25.1 Å². The Hall–Kier alpha value is -2.35. The molecule has 3 aromatic heterocycles. The summed E-state index contributed by atoms with van der Waals surface area (Å²) in [7, 11) is 0. The minimum Gasteiger partial charge on any atom is -0.333 e. The first-order valence-corrected chi connectivity index (χ1v) is 5.95. The van der Waals surface area contributed by atoms with Crippen molar-refractivity contribution < 1.29 is 9.32 Å². The predicted octanol–water partition coefficient (Wildman–Crippen LogP) is 1.25. The number of hydrogen-bond donors (Lipinski definition) is 0. The van der Waals surface area contributed by atoms with Crippen molar-refractivity contribution in [2.75, 3.05) is 0 Å². The number of hydrogen-bond acceptors (Lipinski definition) is 7. The van der Waals surface area contributed by atoms with Gasteiger partial charge in [-0.15, -0.1) is 16.4 Å². The molecule has 0 fully saturated rings. The lowest BCUT2D eigenvalue weighted by Crippen LogP contribution is -2.02. The summed E-state index contributed by atoms with van der Waals surface area (Å²) in [5.74, 6) is 0.969. The molecule has 0 atom stereocenters. The van der Waals surface area contributed by atoms with Gasteiger partial charge in [0.2, 0.25) is 0 Å². The van der Waals surface area contributed by atoms with E-state index in [2.05, 4.69) is 20.5 Å². The van der Waals surface area contributed by atoms with Gasteiger partial charge in [-0.05, 0) is 11.4 Å². The highest BCUT2D eigenvalue weighted by molar-refractivity contribution is 7.13. The largest absolute Gasteiger partial charge is 0.333 e. The maximum atomic E-state index is 10.5. The van der Waals surface area contributed by atoms with Crippen molar-refractivity contribution in [2.45, 2.75) is 6.54 Å². The van der Waals surface area contributed by atoms with Gasteiger partial charge in [-0.2, -0.15) is 4.98 Å². The van der Waals surface area contributed by atoms with Gasteiger partial charge in [0.15, 0.2) is 12.1 Å². The predicted molar refractivity (Wildman–Crippen MR) is 62.1 cm³/mol. The quantitative estimate of drug-likeness (QED) is 0.657. The van der Waals surface area contributed by atoms with E-state index in [0.717, 1.165) is 4.88 Å². The number of thiophene rings is 1. The molecule has 0 aliphatic rings. The van der Waals surface area contributed by atoms with E-state index < -0.39 is 0 Å². The van der Waals surface area contributed by atoms with E-state index in [1.54, 1.807) is 0 Å². The van der Waals surface area contributed by atoms with Crippen LogP contribution >= 0.6 is 11.3 Å². The summed E-state index contributed by atoms with van der Waals surface area (Å²) < 4.78 is 6.61. The Balaban J connectivity index is 1.79. The van der Waals surface area contributed by atoms with E-state index in [1.807, 2.05) is 17.5 Å². The van der Waals surface area contributed by atoms with Gasteiger partial charge in [-0.3, -0.25) is 4.79 Å². The van der Waals surface area contributed by atoms with Gasteiger partial charge in [-0.25, -0.2) is 4.68 Å². The molecule has 0 radical (unpaired) electrons. The Morgan fingerprint density at radius 3 is 3.17 bits per heavy atom. The zero-order chi connectivity index (χ0) is 12.4. The second-order valence-electron chi connectivity index (χ2n) is 3.45. The molecule has 3 rings (SSSR count). The highest BCUT2D eigenvalue weighted by atomic mass is 32.1. The summed E-state index contributed by atoms with van der Waals surface area (Å²) in [5.41, 5.74) is 0.275. The Morgan fingerprint density at radius 1 is 1.50 bits per heavy atom. The van der Waals surface area contributed by atoms with Crippen LogP contribution in [0.1, 0.15) is 16.3 Å². The smallest absolute Gasteiger partial charge is 0.268 e. The van der Waals surface area contributed by atoms with Crippen LogP contribution in [-0.2, 0) is 6.54 Å². The van der Waals surface area contributed by atoms with E-state index in [0.29, 0.717) is 24.5 Å². The van der Waals surface area contributed by atoms with Crippen LogP contribution in [0.15, 0.2) is 28.2 Å². The third-order valence-corrected chi connectivity index (χ3v) is 3.04. The lowest BCUT2D eigenvalue weighted by atomic mass is 10.5. The van der Waals surface area contributed by atoms with Crippen molar-refractivity contribution in [1.29, 1.82) is 0 Å². The SMILES string of the molecule is O=Cc1cn(Cc2noc(-c3cccs3)n2)nn1. The van der Waals surface area contributed by atoms with Gasteiger partial charge < -0.3 is 4.52 Å². The maximum absolute atomic E-state index is 10.5. The minimum atomic E-state index is 0.275. The number of rotatable bonds is 4. The molecule has 0 bridgehead atoms. The molecule has 0 saturated heterocycles. The zero-order valence-corrected chi connectivity index (χ0v) is 9.87. The molecule has 3 aromatic rings. The van der Waals surface area contributed by atoms with Crippen LogP contribution in [0.5, 0.6) is 0 Å². The fourth-order valence-corrected chi connectivity index (χ4v) is 2.05. The normalized spacial score (nSPS) is 10.7. The number of nitrogens with zero attached hydrogens (tertiary/aromatic N) is 5. The third kappa shape index (κ3) is 2.05. The summed E-state index contributed by atoms with van der Waals surface area (Å²) in [6.45, 7) is 0.315. The van der Waals surface area contributed by atoms with Gasteiger partial charge in [0.05, 0.1) is 11.1 Å². The molecular weight excluding hydrogens is 254 g/mol. The second-order valence-corrected chi connectivity index (χ2v) is 4.40. The fourth-order valence-electron chi connectivity index (χ4n) is 1.41. The molecule has 0 N–H and O–H groups in total.